The molecule has 1 aliphatic carbocycles. The average Bonchev–Trinajstić information content (AvgIpc) is 2.77. The van der Waals surface area contributed by atoms with E-state index < -0.39 is 0 Å². The zero-order chi connectivity index (χ0) is 24.1. The van der Waals surface area contributed by atoms with Crippen molar-refractivity contribution >= 4 is 23.2 Å². The number of hydrogen-bond acceptors (Lipinski definition) is 3. The quantitative estimate of drug-likeness (QED) is 0.478. The van der Waals surface area contributed by atoms with Crippen molar-refractivity contribution in [1.82, 2.24) is 4.90 Å². The first-order chi connectivity index (χ1) is 16.4. The number of carbonyl (C=O) groups is 2. The van der Waals surface area contributed by atoms with Crippen LogP contribution in [0.1, 0.15) is 46.3 Å². The Bertz CT molecular complexity index is 1150. The number of benzene rings is 3. The Morgan fingerprint density at radius 3 is 2.32 bits per heavy atom. The van der Waals surface area contributed by atoms with E-state index in [1.807, 2.05) is 104 Å². The van der Waals surface area contributed by atoms with Gasteiger partial charge in [0.05, 0.1) is 0 Å². The number of nitrogens with zero attached hydrogens (tertiary/aromatic N) is 2. The number of nitrogens with one attached hydrogen (secondary N) is 1. The van der Waals surface area contributed by atoms with Gasteiger partial charge in [-0.3, -0.25) is 9.59 Å². The van der Waals surface area contributed by atoms with Crippen LogP contribution in [0.25, 0.3) is 0 Å². The van der Waals surface area contributed by atoms with Crippen LogP contribution in [-0.2, 0) is 17.9 Å². The van der Waals surface area contributed by atoms with Crippen molar-refractivity contribution in [3.8, 4) is 0 Å². The first-order valence-electron chi connectivity index (χ1n) is 11.9. The topological polar surface area (TPSA) is 52.7 Å². The van der Waals surface area contributed by atoms with Crippen LogP contribution in [-0.4, -0.2) is 30.8 Å². The molecule has 0 atom stereocenters. The van der Waals surface area contributed by atoms with Crippen molar-refractivity contribution < 1.29 is 9.59 Å². The van der Waals surface area contributed by atoms with Crippen LogP contribution in [0.5, 0.6) is 0 Å². The fraction of sp³-hybridized carbons (Fsp3) is 0.310. The molecular formula is C29H33N3O2. The van der Waals surface area contributed by atoms with E-state index >= 15 is 0 Å². The number of anilines is 2. The van der Waals surface area contributed by atoms with Gasteiger partial charge in [-0.15, -0.1) is 0 Å². The normalized spacial score (nSPS) is 13.1. The van der Waals surface area contributed by atoms with E-state index in [1.165, 1.54) is 0 Å². The van der Waals surface area contributed by atoms with Crippen molar-refractivity contribution in [2.45, 2.75) is 39.3 Å². The predicted molar refractivity (Wildman–Crippen MR) is 138 cm³/mol. The first kappa shape index (κ1) is 23.6. The molecule has 0 bridgehead atoms. The number of amides is 2. The van der Waals surface area contributed by atoms with E-state index in [9.17, 15) is 9.59 Å². The van der Waals surface area contributed by atoms with Gasteiger partial charge in [0.25, 0.3) is 5.91 Å². The fourth-order valence-corrected chi connectivity index (χ4v) is 4.31. The molecule has 0 aliphatic heterocycles. The van der Waals surface area contributed by atoms with Crippen molar-refractivity contribution in [3.63, 3.8) is 0 Å². The lowest BCUT2D eigenvalue weighted by Crippen LogP contribution is -2.31. The molecule has 0 radical (unpaired) electrons. The summed E-state index contributed by atoms with van der Waals surface area (Å²) in [6.45, 7) is 2.93. The lowest BCUT2D eigenvalue weighted by molar-refractivity contribution is -0.122. The molecule has 0 spiro atoms. The van der Waals surface area contributed by atoms with Gasteiger partial charge in [-0.2, -0.15) is 0 Å². The summed E-state index contributed by atoms with van der Waals surface area (Å²) >= 11 is 0. The van der Waals surface area contributed by atoms with Gasteiger partial charge in [0, 0.05) is 50.0 Å². The Labute approximate surface area is 202 Å². The molecule has 1 fully saturated rings. The van der Waals surface area contributed by atoms with Crippen LogP contribution < -0.4 is 10.2 Å². The summed E-state index contributed by atoms with van der Waals surface area (Å²) in [5.41, 5.74) is 5.60. The van der Waals surface area contributed by atoms with Gasteiger partial charge < -0.3 is 15.1 Å². The highest BCUT2D eigenvalue weighted by Gasteiger charge is 2.25. The average molecular weight is 456 g/mol. The molecule has 3 aromatic rings. The van der Waals surface area contributed by atoms with E-state index in [-0.39, 0.29) is 17.7 Å². The second kappa shape index (κ2) is 10.6. The number of carbonyl (C=O) groups excluding carboxylic acids is 2. The molecule has 5 nitrogen and oxygen atoms in total. The predicted octanol–water partition coefficient (Wildman–Crippen LogP) is 5.64. The van der Waals surface area contributed by atoms with Gasteiger partial charge in [0.15, 0.2) is 0 Å². The third-order valence-corrected chi connectivity index (χ3v) is 6.43. The van der Waals surface area contributed by atoms with Crippen molar-refractivity contribution in [3.05, 3.63) is 95.1 Å². The Morgan fingerprint density at radius 2 is 1.68 bits per heavy atom. The maximum atomic E-state index is 13.6. The molecule has 34 heavy (non-hydrogen) atoms. The number of hydrogen-bond donors (Lipinski definition) is 1. The zero-order valence-corrected chi connectivity index (χ0v) is 20.3. The third-order valence-electron chi connectivity index (χ3n) is 6.43. The molecule has 176 valence electrons. The molecular weight excluding hydrogens is 422 g/mol. The minimum atomic E-state index is -0.0128. The summed E-state index contributed by atoms with van der Waals surface area (Å²) in [4.78, 5) is 30.1. The van der Waals surface area contributed by atoms with Gasteiger partial charge in [-0.1, -0.05) is 54.4 Å². The van der Waals surface area contributed by atoms with Gasteiger partial charge >= 0.3 is 0 Å². The van der Waals surface area contributed by atoms with Crippen LogP contribution in [0.2, 0.25) is 0 Å². The highest BCUT2D eigenvalue weighted by Crippen LogP contribution is 2.30. The Hall–Kier alpha value is -3.60. The molecule has 3 aromatic carbocycles. The van der Waals surface area contributed by atoms with E-state index in [1.54, 1.807) is 0 Å². The second-order valence-corrected chi connectivity index (χ2v) is 9.37. The number of aryl methyl sites for hydroxylation is 1. The molecule has 0 saturated heterocycles. The van der Waals surface area contributed by atoms with E-state index in [4.69, 9.17) is 0 Å². The monoisotopic (exact) mass is 455 g/mol. The number of rotatable bonds is 8. The Morgan fingerprint density at radius 1 is 0.912 bits per heavy atom. The van der Waals surface area contributed by atoms with E-state index in [0.717, 1.165) is 47.3 Å². The summed E-state index contributed by atoms with van der Waals surface area (Å²) in [6.07, 6.45) is 3.05. The van der Waals surface area contributed by atoms with Crippen LogP contribution >= 0.6 is 0 Å². The summed E-state index contributed by atoms with van der Waals surface area (Å²) in [6, 6.07) is 23.7. The minimum absolute atomic E-state index is 0.0128. The van der Waals surface area contributed by atoms with E-state index in [0.29, 0.717) is 18.7 Å². The van der Waals surface area contributed by atoms with Gasteiger partial charge in [0.2, 0.25) is 5.91 Å². The molecule has 0 aromatic heterocycles. The Balaban J connectivity index is 1.65. The highest BCUT2D eigenvalue weighted by molar-refractivity contribution is 5.95. The molecule has 1 N–H and O–H groups in total. The maximum Gasteiger partial charge on any atom is 0.254 e. The van der Waals surface area contributed by atoms with Gasteiger partial charge in [-0.25, -0.2) is 0 Å². The molecule has 4 rings (SSSR count). The van der Waals surface area contributed by atoms with Crippen LogP contribution in [0.15, 0.2) is 72.8 Å². The molecule has 5 heteroatoms. The standard InChI is InChI=1S/C29H33N3O2/c1-21-9-7-14-24(17-21)29(34)32(19-22-10-5-4-6-11-22)20-25-18-26(15-16-27(25)31(2)3)30-28(33)23-12-8-13-23/h4-7,9-11,14-18,23H,8,12-13,19-20H2,1-3H3,(H,30,33). The summed E-state index contributed by atoms with van der Waals surface area (Å²) in [7, 11) is 3.99. The third kappa shape index (κ3) is 5.66. The smallest absolute Gasteiger partial charge is 0.254 e. The van der Waals surface area contributed by atoms with Gasteiger partial charge in [0.1, 0.15) is 0 Å². The lowest BCUT2D eigenvalue weighted by Gasteiger charge is -2.27. The molecule has 0 heterocycles. The maximum absolute atomic E-state index is 13.6. The molecule has 1 aliphatic rings. The first-order valence-corrected chi connectivity index (χ1v) is 11.9. The second-order valence-electron chi connectivity index (χ2n) is 9.37. The van der Waals surface area contributed by atoms with Crippen molar-refractivity contribution in [2.24, 2.45) is 5.92 Å². The Kier molecular flexibility index (Phi) is 7.31. The highest BCUT2D eigenvalue weighted by atomic mass is 16.2. The minimum Gasteiger partial charge on any atom is -0.377 e. The van der Waals surface area contributed by atoms with Crippen LogP contribution in [0.4, 0.5) is 11.4 Å². The fourth-order valence-electron chi connectivity index (χ4n) is 4.31. The van der Waals surface area contributed by atoms with Crippen LogP contribution in [0.3, 0.4) is 0 Å². The summed E-state index contributed by atoms with van der Waals surface area (Å²) < 4.78 is 0. The SMILES string of the molecule is Cc1cccc(C(=O)N(Cc2ccccc2)Cc2cc(NC(=O)C3CCC3)ccc2N(C)C)c1. The van der Waals surface area contributed by atoms with E-state index in [2.05, 4.69) is 5.32 Å². The van der Waals surface area contributed by atoms with Crippen LogP contribution in [0, 0.1) is 12.8 Å². The van der Waals surface area contributed by atoms with Crippen molar-refractivity contribution in [1.29, 1.82) is 0 Å². The molecule has 1 saturated carbocycles. The molecule has 0 unspecified atom stereocenters. The zero-order valence-electron chi connectivity index (χ0n) is 20.3. The summed E-state index contributed by atoms with van der Waals surface area (Å²) in [5, 5.41) is 3.08. The molecule has 2 amide bonds. The van der Waals surface area contributed by atoms with Crippen molar-refractivity contribution in [2.75, 3.05) is 24.3 Å². The largest absolute Gasteiger partial charge is 0.377 e. The van der Waals surface area contributed by atoms with Gasteiger partial charge in [-0.05, 0) is 61.2 Å². The lowest BCUT2D eigenvalue weighted by atomic mass is 9.85. The summed E-state index contributed by atoms with van der Waals surface area (Å²) in [5.74, 6) is 0.197.